The number of rotatable bonds is 6. The first-order valence-corrected chi connectivity index (χ1v) is 8.72. The zero-order valence-electron chi connectivity index (χ0n) is 15.7. The van der Waals surface area contributed by atoms with Crippen molar-refractivity contribution in [3.8, 4) is 17.2 Å². The van der Waals surface area contributed by atoms with Gasteiger partial charge < -0.3 is 24.8 Å². The lowest BCUT2D eigenvalue weighted by atomic mass is 10.0. The maximum atomic E-state index is 13.5. The van der Waals surface area contributed by atoms with Crippen LogP contribution in [0.1, 0.15) is 22.3 Å². The fourth-order valence-corrected chi connectivity index (χ4v) is 3.22. The second kappa shape index (κ2) is 8.16. The van der Waals surface area contributed by atoms with E-state index in [0.717, 1.165) is 12.0 Å². The first-order chi connectivity index (χ1) is 13.4. The molecule has 0 radical (unpaired) electrons. The van der Waals surface area contributed by atoms with Gasteiger partial charge in [0.15, 0.2) is 18.1 Å². The van der Waals surface area contributed by atoms with Gasteiger partial charge in [-0.25, -0.2) is 4.39 Å². The van der Waals surface area contributed by atoms with E-state index < -0.39 is 5.91 Å². The lowest BCUT2D eigenvalue weighted by Crippen LogP contribution is -2.35. The molecule has 0 fully saturated rings. The predicted octanol–water partition coefficient (Wildman–Crippen LogP) is 2.30. The molecule has 0 saturated carbocycles. The van der Waals surface area contributed by atoms with E-state index >= 15 is 0 Å². The standard InChI is InChI=1S/C20H21FN2O5/c1-26-16-9-13(10-17(27-2)19(16)28-11-18(22)24)20(25)23-7-3-4-12-8-14(21)5-6-15(12)23/h5-6,8-10H,3-4,7,11H2,1-2H3,(H2,22,24). The number of hydrogen-bond acceptors (Lipinski definition) is 5. The molecule has 0 aliphatic carbocycles. The van der Waals surface area contributed by atoms with Gasteiger partial charge in [0, 0.05) is 17.8 Å². The average Bonchev–Trinajstić information content (AvgIpc) is 2.70. The normalized spacial score (nSPS) is 12.9. The van der Waals surface area contributed by atoms with Gasteiger partial charge >= 0.3 is 0 Å². The third-order valence-corrected chi connectivity index (χ3v) is 4.47. The van der Waals surface area contributed by atoms with Crippen molar-refractivity contribution in [2.75, 3.05) is 32.3 Å². The number of nitrogens with two attached hydrogens (primary N) is 1. The summed E-state index contributed by atoms with van der Waals surface area (Å²) in [5, 5.41) is 0. The Bertz CT molecular complexity index is 890. The van der Waals surface area contributed by atoms with Crippen LogP contribution in [0, 0.1) is 5.82 Å². The highest BCUT2D eigenvalue weighted by molar-refractivity contribution is 6.07. The van der Waals surface area contributed by atoms with Crippen LogP contribution in [0.3, 0.4) is 0 Å². The molecule has 28 heavy (non-hydrogen) atoms. The first kappa shape index (κ1) is 19.5. The number of carbonyl (C=O) groups is 2. The highest BCUT2D eigenvalue weighted by Crippen LogP contribution is 2.39. The van der Waals surface area contributed by atoms with E-state index in [-0.39, 0.29) is 35.6 Å². The van der Waals surface area contributed by atoms with Crippen LogP contribution in [-0.4, -0.2) is 39.2 Å². The third kappa shape index (κ3) is 3.85. The molecule has 0 spiro atoms. The number of nitrogens with zero attached hydrogens (tertiary/aromatic N) is 1. The lowest BCUT2D eigenvalue weighted by Gasteiger charge is -2.30. The number of halogens is 1. The molecule has 0 aromatic heterocycles. The van der Waals surface area contributed by atoms with Crippen LogP contribution in [0.5, 0.6) is 17.2 Å². The Morgan fingerprint density at radius 1 is 1.14 bits per heavy atom. The fourth-order valence-electron chi connectivity index (χ4n) is 3.22. The number of hydrogen-bond donors (Lipinski definition) is 1. The summed E-state index contributed by atoms with van der Waals surface area (Å²) in [5.41, 5.74) is 6.92. The van der Waals surface area contributed by atoms with E-state index in [1.54, 1.807) is 11.0 Å². The maximum absolute atomic E-state index is 13.5. The van der Waals surface area contributed by atoms with Gasteiger partial charge in [-0.1, -0.05) is 0 Å². The minimum absolute atomic E-state index is 0.182. The molecule has 7 nitrogen and oxygen atoms in total. The number of anilines is 1. The molecule has 0 bridgehead atoms. The molecule has 2 N–H and O–H groups in total. The quantitative estimate of drug-likeness (QED) is 0.820. The summed E-state index contributed by atoms with van der Waals surface area (Å²) in [6.07, 6.45) is 1.44. The highest BCUT2D eigenvalue weighted by Gasteiger charge is 2.26. The molecule has 0 unspecified atom stereocenters. The molecule has 1 aliphatic heterocycles. The second-order valence-electron chi connectivity index (χ2n) is 6.30. The number of carbonyl (C=O) groups excluding carboxylic acids is 2. The van der Waals surface area contributed by atoms with Crippen molar-refractivity contribution in [1.29, 1.82) is 0 Å². The molecular weight excluding hydrogens is 367 g/mol. The Labute approximate surface area is 161 Å². The molecule has 148 valence electrons. The first-order valence-electron chi connectivity index (χ1n) is 8.72. The Morgan fingerprint density at radius 3 is 2.43 bits per heavy atom. The van der Waals surface area contributed by atoms with Gasteiger partial charge in [-0.05, 0) is 48.7 Å². The van der Waals surface area contributed by atoms with Gasteiger partial charge in [0.05, 0.1) is 14.2 Å². The SMILES string of the molecule is COc1cc(C(=O)N2CCCc3cc(F)ccc32)cc(OC)c1OCC(N)=O. The van der Waals surface area contributed by atoms with Crippen molar-refractivity contribution in [3.05, 3.63) is 47.3 Å². The molecule has 1 heterocycles. The van der Waals surface area contributed by atoms with E-state index in [2.05, 4.69) is 0 Å². The molecule has 0 saturated heterocycles. The molecule has 1 aliphatic rings. The number of ether oxygens (including phenoxy) is 3. The zero-order chi connectivity index (χ0) is 20.3. The van der Waals surface area contributed by atoms with Crippen LogP contribution in [0.2, 0.25) is 0 Å². The van der Waals surface area contributed by atoms with Gasteiger partial charge in [-0.3, -0.25) is 9.59 Å². The monoisotopic (exact) mass is 388 g/mol. The van der Waals surface area contributed by atoms with Gasteiger partial charge in [0.25, 0.3) is 11.8 Å². The largest absolute Gasteiger partial charge is 0.493 e. The molecule has 8 heteroatoms. The van der Waals surface area contributed by atoms with Crippen molar-refractivity contribution in [1.82, 2.24) is 0 Å². The Hall–Kier alpha value is -3.29. The smallest absolute Gasteiger partial charge is 0.258 e. The topological polar surface area (TPSA) is 91.1 Å². The summed E-state index contributed by atoms with van der Waals surface area (Å²) < 4.78 is 29.5. The number of aryl methyl sites for hydroxylation is 1. The predicted molar refractivity (Wildman–Crippen MR) is 101 cm³/mol. The Kier molecular flexibility index (Phi) is 5.67. The molecular formula is C20H21FN2O5. The molecule has 3 rings (SSSR count). The van der Waals surface area contributed by atoms with Crippen molar-refractivity contribution in [2.45, 2.75) is 12.8 Å². The number of benzene rings is 2. The summed E-state index contributed by atoms with van der Waals surface area (Å²) in [6.45, 7) is 0.160. The van der Waals surface area contributed by atoms with Crippen LogP contribution in [0.15, 0.2) is 30.3 Å². The van der Waals surface area contributed by atoms with Crippen LogP contribution in [0.25, 0.3) is 0 Å². The van der Waals surface area contributed by atoms with Crippen LogP contribution in [0.4, 0.5) is 10.1 Å². The summed E-state index contributed by atoms with van der Waals surface area (Å²) in [7, 11) is 2.83. The lowest BCUT2D eigenvalue weighted by molar-refractivity contribution is -0.120. The summed E-state index contributed by atoms with van der Waals surface area (Å²) in [4.78, 5) is 25.8. The zero-order valence-corrected chi connectivity index (χ0v) is 15.7. The fraction of sp³-hybridized carbons (Fsp3) is 0.300. The third-order valence-electron chi connectivity index (χ3n) is 4.47. The number of amides is 2. The molecule has 2 aromatic rings. The van der Waals surface area contributed by atoms with Crippen molar-refractivity contribution >= 4 is 17.5 Å². The van der Waals surface area contributed by atoms with Gasteiger partial charge in [-0.2, -0.15) is 0 Å². The highest BCUT2D eigenvalue weighted by atomic mass is 19.1. The van der Waals surface area contributed by atoms with Crippen LogP contribution < -0.4 is 24.8 Å². The number of fused-ring (bicyclic) bond motifs is 1. The average molecular weight is 388 g/mol. The molecule has 2 aromatic carbocycles. The minimum atomic E-state index is -0.651. The number of methoxy groups -OCH3 is 2. The van der Waals surface area contributed by atoms with Gasteiger partial charge in [0.2, 0.25) is 5.75 Å². The summed E-state index contributed by atoms with van der Waals surface area (Å²) in [5.74, 6) is -0.596. The van der Waals surface area contributed by atoms with E-state index in [1.165, 1.54) is 38.5 Å². The van der Waals surface area contributed by atoms with E-state index in [4.69, 9.17) is 19.9 Å². The molecule has 0 atom stereocenters. The minimum Gasteiger partial charge on any atom is -0.493 e. The second-order valence-corrected chi connectivity index (χ2v) is 6.30. The van der Waals surface area contributed by atoms with Crippen molar-refractivity contribution in [3.63, 3.8) is 0 Å². The Balaban J connectivity index is 1.98. The number of primary amides is 1. The summed E-state index contributed by atoms with van der Waals surface area (Å²) in [6, 6.07) is 7.43. The van der Waals surface area contributed by atoms with Crippen molar-refractivity contribution < 1.29 is 28.2 Å². The van der Waals surface area contributed by atoms with Gasteiger partial charge in [-0.15, -0.1) is 0 Å². The van der Waals surface area contributed by atoms with Crippen LogP contribution >= 0.6 is 0 Å². The Morgan fingerprint density at radius 2 is 1.82 bits per heavy atom. The maximum Gasteiger partial charge on any atom is 0.258 e. The van der Waals surface area contributed by atoms with E-state index in [9.17, 15) is 14.0 Å². The van der Waals surface area contributed by atoms with E-state index in [0.29, 0.717) is 24.2 Å². The van der Waals surface area contributed by atoms with Crippen LogP contribution in [-0.2, 0) is 11.2 Å². The summed E-state index contributed by atoms with van der Waals surface area (Å²) >= 11 is 0. The van der Waals surface area contributed by atoms with Crippen molar-refractivity contribution in [2.24, 2.45) is 5.73 Å². The van der Waals surface area contributed by atoms with E-state index in [1.807, 2.05) is 0 Å². The van der Waals surface area contributed by atoms with Gasteiger partial charge in [0.1, 0.15) is 5.82 Å². The molecule has 2 amide bonds.